The van der Waals surface area contributed by atoms with E-state index in [0.29, 0.717) is 56.3 Å². The molecule has 10 heteroatoms. The van der Waals surface area contributed by atoms with Crippen molar-refractivity contribution in [3.8, 4) is 0 Å². The van der Waals surface area contributed by atoms with E-state index in [1.165, 1.54) is 12.1 Å². The molecule has 1 saturated heterocycles. The molecule has 2 fully saturated rings. The molecule has 1 aliphatic heterocycles. The summed E-state index contributed by atoms with van der Waals surface area (Å²) in [5, 5.41) is 8.54. The summed E-state index contributed by atoms with van der Waals surface area (Å²) >= 11 is 0. The number of esters is 1. The number of rotatable bonds is 7. The van der Waals surface area contributed by atoms with Gasteiger partial charge in [0.25, 0.3) is 5.91 Å². The monoisotopic (exact) mass is 557 g/mol. The Bertz CT molecular complexity index is 1340. The van der Waals surface area contributed by atoms with Gasteiger partial charge in [0.1, 0.15) is 0 Å². The molecule has 1 amide bonds. The highest BCUT2D eigenvalue weighted by molar-refractivity contribution is 6.06. The molecular weight excluding hydrogens is 523 g/mol. The smallest absolute Gasteiger partial charge is 0.416 e. The number of fused-ring (bicyclic) bond motifs is 1. The number of nitrogens with zero attached hydrogens (tertiary/aromatic N) is 2. The van der Waals surface area contributed by atoms with E-state index in [9.17, 15) is 22.8 Å². The number of carbonyl (C=O) groups is 2. The average Bonchev–Trinajstić information content (AvgIpc) is 3.35. The second-order valence-corrected chi connectivity index (χ2v) is 10.6. The van der Waals surface area contributed by atoms with Crippen LogP contribution in [0.15, 0.2) is 42.5 Å². The van der Waals surface area contributed by atoms with Crippen LogP contribution in [0.4, 0.5) is 13.2 Å². The van der Waals surface area contributed by atoms with Gasteiger partial charge in [0.15, 0.2) is 11.9 Å². The number of halogens is 3. The van der Waals surface area contributed by atoms with Gasteiger partial charge in [0.05, 0.1) is 23.6 Å². The second-order valence-electron chi connectivity index (χ2n) is 10.6. The van der Waals surface area contributed by atoms with E-state index in [-0.39, 0.29) is 35.8 Å². The van der Waals surface area contributed by atoms with Crippen molar-refractivity contribution in [2.45, 2.75) is 76.7 Å². The maximum absolute atomic E-state index is 13.7. The molecule has 1 N–H and O–H groups in total. The fourth-order valence-electron chi connectivity index (χ4n) is 5.72. The predicted octanol–water partition coefficient (Wildman–Crippen LogP) is 6.20. The third-order valence-corrected chi connectivity index (χ3v) is 7.82. The average molecular weight is 558 g/mol. The zero-order valence-electron chi connectivity index (χ0n) is 22.5. The Morgan fingerprint density at radius 1 is 1.05 bits per heavy atom. The quantitative estimate of drug-likeness (QED) is 0.350. The molecule has 1 aliphatic carbocycles. The van der Waals surface area contributed by atoms with Gasteiger partial charge in [-0.1, -0.05) is 24.3 Å². The highest BCUT2D eigenvalue weighted by Gasteiger charge is 2.32. The lowest BCUT2D eigenvalue weighted by molar-refractivity contribution is -0.149. The van der Waals surface area contributed by atoms with Crippen LogP contribution >= 0.6 is 0 Å². The molecule has 5 rings (SSSR count). The van der Waals surface area contributed by atoms with E-state index >= 15 is 0 Å². The van der Waals surface area contributed by atoms with E-state index in [1.807, 2.05) is 18.2 Å². The van der Waals surface area contributed by atoms with Gasteiger partial charge in [-0.25, -0.2) is 4.68 Å². The highest BCUT2D eigenvalue weighted by atomic mass is 19.4. The lowest BCUT2D eigenvalue weighted by Crippen LogP contribution is -2.39. The first kappa shape index (κ1) is 28.1. The molecule has 3 aromatic rings. The lowest BCUT2D eigenvalue weighted by Gasteiger charge is -2.27. The first-order valence-electron chi connectivity index (χ1n) is 14.0. The number of aromatic nitrogens is 2. The number of alkyl halides is 3. The largest absolute Gasteiger partial charge is 0.466 e. The molecule has 2 heterocycles. The summed E-state index contributed by atoms with van der Waals surface area (Å²) in [6.07, 6.45) is 1.01. The summed E-state index contributed by atoms with van der Waals surface area (Å²) in [6.45, 7) is 2.75. The van der Waals surface area contributed by atoms with Crippen LogP contribution in [0, 0.1) is 5.92 Å². The Balaban J connectivity index is 1.42. The van der Waals surface area contributed by atoms with Gasteiger partial charge >= 0.3 is 12.1 Å². The normalized spacial score (nSPS) is 21.8. The fourth-order valence-corrected chi connectivity index (χ4v) is 5.72. The molecular formula is C30H34F3N3O4. The van der Waals surface area contributed by atoms with Crippen molar-refractivity contribution >= 4 is 22.8 Å². The lowest BCUT2D eigenvalue weighted by atomic mass is 9.86. The molecule has 1 saturated carbocycles. The number of hydrogen-bond donors (Lipinski definition) is 1. The van der Waals surface area contributed by atoms with Crippen LogP contribution < -0.4 is 5.32 Å². The van der Waals surface area contributed by atoms with Crippen LogP contribution in [-0.2, 0) is 26.9 Å². The molecule has 40 heavy (non-hydrogen) atoms. The van der Waals surface area contributed by atoms with Crippen molar-refractivity contribution in [3.05, 3.63) is 64.8 Å². The number of amides is 1. The number of ether oxygens (including phenoxy) is 2. The van der Waals surface area contributed by atoms with Crippen LogP contribution in [0.25, 0.3) is 10.9 Å². The Morgan fingerprint density at radius 3 is 2.45 bits per heavy atom. The number of carbonyl (C=O) groups excluding carboxylic acids is 2. The van der Waals surface area contributed by atoms with Crippen LogP contribution in [0.1, 0.15) is 85.3 Å². The molecule has 7 nitrogen and oxygen atoms in total. The molecule has 2 aromatic carbocycles. The molecule has 1 atom stereocenters. The van der Waals surface area contributed by atoms with Crippen LogP contribution in [0.2, 0.25) is 0 Å². The first-order valence-corrected chi connectivity index (χ1v) is 14.0. The minimum absolute atomic E-state index is 0.0913. The summed E-state index contributed by atoms with van der Waals surface area (Å²) in [5.74, 6) is -0.636. The Kier molecular flexibility index (Phi) is 8.44. The number of hydrogen-bond acceptors (Lipinski definition) is 5. The number of benzene rings is 2. The van der Waals surface area contributed by atoms with E-state index in [2.05, 4.69) is 5.32 Å². The minimum Gasteiger partial charge on any atom is -0.466 e. The van der Waals surface area contributed by atoms with Crippen molar-refractivity contribution in [1.82, 2.24) is 15.1 Å². The van der Waals surface area contributed by atoms with Gasteiger partial charge in [-0.05, 0) is 87.6 Å². The van der Waals surface area contributed by atoms with Gasteiger partial charge in [-0.15, -0.1) is 0 Å². The third-order valence-electron chi connectivity index (χ3n) is 7.82. The highest BCUT2D eigenvalue weighted by Crippen LogP contribution is 2.33. The van der Waals surface area contributed by atoms with Crippen molar-refractivity contribution in [3.63, 3.8) is 0 Å². The summed E-state index contributed by atoms with van der Waals surface area (Å²) in [6, 6.07) is 10.7. The molecule has 2 aliphatic rings. The Labute approximate surface area is 231 Å². The zero-order chi connectivity index (χ0) is 28.3. The van der Waals surface area contributed by atoms with Crippen molar-refractivity contribution in [2.75, 3.05) is 13.2 Å². The van der Waals surface area contributed by atoms with Crippen molar-refractivity contribution in [2.24, 2.45) is 5.92 Å². The van der Waals surface area contributed by atoms with E-state index in [4.69, 9.17) is 14.6 Å². The molecule has 0 bridgehead atoms. The van der Waals surface area contributed by atoms with Gasteiger partial charge in [0.2, 0.25) is 0 Å². The maximum Gasteiger partial charge on any atom is 0.416 e. The predicted molar refractivity (Wildman–Crippen MR) is 143 cm³/mol. The SMILES string of the molecule is CCOC(=O)C1CCC(NC(=O)c2nn(C3CCCCO3)c3cccc(Cc4ccc(C(F)(F)F)cc4)c23)CC1. The Hall–Kier alpha value is -3.40. The van der Waals surface area contributed by atoms with E-state index in [0.717, 1.165) is 42.5 Å². The molecule has 0 spiro atoms. The molecule has 214 valence electrons. The summed E-state index contributed by atoms with van der Waals surface area (Å²) in [7, 11) is 0. The van der Waals surface area contributed by atoms with Gasteiger partial charge in [0, 0.05) is 18.0 Å². The van der Waals surface area contributed by atoms with Crippen molar-refractivity contribution < 1.29 is 32.2 Å². The standard InChI is InChI=1S/C30H34F3N3O4/c1-2-39-29(38)20-11-15-23(16-12-20)34-28(37)27-26-21(18-19-9-13-22(14-10-19)30(31,32)33)6-5-7-24(26)36(35-27)25-8-3-4-17-40-25/h5-7,9-10,13-14,20,23,25H,2-4,8,11-12,15-18H2,1H3,(H,34,37). The first-order chi connectivity index (χ1) is 19.2. The minimum atomic E-state index is -4.40. The molecule has 1 aromatic heterocycles. The zero-order valence-corrected chi connectivity index (χ0v) is 22.5. The third kappa shape index (κ3) is 6.16. The Morgan fingerprint density at radius 2 is 1.80 bits per heavy atom. The van der Waals surface area contributed by atoms with Crippen molar-refractivity contribution in [1.29, 1.82) is 0 Å². The summed E-state index contributed by atoms with van der Waals surface area (Å²) in [5.41, 5.74) is 1.84. The maximum atomic E-state index is 13.7. The topological polar surface area (TPSA) is 82.5 Å². The summed E-state index contributed by atoms with van der Waals surface area (Å²) in [4.78, 5) is 25.8. The van der Waals surface area contributed by atoms with Crippen LogP contribution in [0.5, 0.6) is 0 Å². The van der Waals surface area contributed by atoms with E-state index < -0.39 is 11.7 Å². The van der Waals surface area contributed by atoms with Crippen LogP contribution in [-0.4, -0.2) is 40.9 Å². The molecule has 0 radical (unpaired) electrons. The fraction of sp³-hybridized carbons (Fsp3) is 0.500. The van der Waals surface area contributed by atoms with E-state index in [1.54, 1.807) is 11.6 Å². The second kappa shape index (κ2) is 12.0. The number of nitrogens with one attached hydrogen (secondary N) is 1. The van der Waals surface area contributed by atoms with Crippen LogP contribution in [0.3, 0.4) is 0 Å². The van der Waals surface area contributed by atoms with Gasteiger partial charge in [-0.2, -0.15) is 18.3 Å². The van der Waals surface area contributed by atoms with Gasteiger partial charge in [-0.3, -0.25) is 9.59 Å². The molecule has 1 unspecified atom stereocenters. The van der Waals surface area contributed by atoms with Gasteiger partial charge < -0.3 is 14.8 Å². The summed E-state index contributed by atoms with van der Waals surface area (Å²) < 4.78 is 52.1.